The molecule has 0 radical (unpaired) electrons. The minimum Gasteiger partial charge on any atom is -0.393 e. The number of halogens is 1. The summed E-state index contributed by atoms with van der Waals surface area (Å²) in [6, 6.07) is 7.51. The Labute approximate surface area is 124 Å². The largest absolute Gasteiger partial charge is 0.393 e. The summed E-state index contributed by atoms with van der Waals surface area (Å²) in [6.07, 6.45) is 1.38. The van der Waals surface area contributed by atoms with Crippen molar-refractivity contribution in [3.63, 3.8) is 0 Å². The van der Waals surface area contributed by atoms with Crippen molar-refractivity contribution >= 4 is 11.6 Å². The molecule has 0 saturated carbocycles. The molecule has 2 aliphatic heterocycles. The Kier molecular flexibility index (Phi) is 4.02. The van der Waals surface area contributed by atoms with Gasteiger partial charge < -0.3 is 15.5 Å². The van der Waals surface area contributed by atoms with E-state index < -0.39 is 5.60 Å². The molecule has 3 N–H and O–H groups in total. The summed E-state index contributed by atoms with van der Waals surface area (Å²) in [4.78, 5) is 2.29. The Balaban J connectivity index is 1.82. The van der Waals surface area contributed by atoms with E-state index in [0.717, 1.165) is 38.0 Å². The number of benzene rings is 1. The van der Waals surface area contributed by atoms with Gasteiger partial charge in [-0.15, -0.1) is 0 Å². The first kappa shape index (κ1) is 14.3. The highest BCUT2D eigenvalue weighted by atomic mass is 35.5. The number of piperidine rings is 1. The van der Waals surface area contributed by atoms with Crippen LogP contribution < -0.4 is 5.32 Å². The quantitative estimate of drug-likeness (QED) is 0.761. The Morgan fingerprint density at radius 1 is 1.20 bits per heavy atom. The van der Waals surface area contributed by atoms with Crippen LogP contribution in [0.3, 0.4) is 0 Å². The van der Waals surface area contributed by atoms with Crippen LogP contribution >= 0.6 is 11.6 Å². The van der Waals surface area contributed by atoms with Crippen LogP contribution in [0.5, 0.6) is 0 Å². The van der Waals surface area contributed by atoms with E-state index in [1.165, 1.54) is 0 Å². The number of hydrogen-bond acceptors (Lipinski definition) is 4. The highest BCUT2D eigenvalue weighted by Crippen LogP contribution is 2.33. The standard InChI is InChI=1S/C15H21ClN2O2/c16-12-3-1-11(2-4-12)15(20)10-17-9-14(15)18-7-5-13(19)6-8-18/h1-4,13-14,17,19-20H,5-10H2. The van der Waals surface area contributed by atoms with E-state index in [9.17, 15) is 10.2 Å². The number of likely N-dealkylation sites (tertiary alicyclic amines) is 1. The van der Waals surface area contributed by atoms with Crippen molar-refractivity contribution in [1.82, 2.24) is 10.2 Å². The zero-order valence-corrected chi connectivity index (χ0v) is 12.2. The van der Waals surface area contributed by atoms with Crippen LogP contribution in [0.15, 0.2) is 24.3 Å². The molecule has 1 aromatic rings. The van der Waals surface area contributed by atoms with Gasteiger partial charge in [-0.05, 0) is 30.5 Å². The Bertz CT molecular complexity index is 459. The summed E-state index contributed by atoms with van der Waals surface area (Å²) in [6.45, 7) is 3.00. The summed E-state index contributed by atoms with van der Waals surface area (Å²) in [5, 5.41) is 24.7. The van der Waals surface area contributed by atoms with Crippen molar-refractivity contribution in [3.8, 4) is 0 Å². The van der Waals surface area contributed by atoms with Crippen molar-refractivity contribution in [2.24, 2.45) is 0 Å². The zero-order chi connectivity index (χ0) is 14.2. The van der Waals surface area contributed by atoms with Gasteiger partial charge in [0.15, 0.2) is 0 Å². The van der Waals surface area contributed by atoms with Crippen LogP contribution in [-0.2, 0) is 5.60 Å². The van der Waals surface area contributed by atoms with E-state index in [-0.39, 0.29) is 12.1 Å². The highest BCUT2D eigenvalue weighted by molar-refractivity contribution is 6.30. The van der Waals surface area contributed by atoms with E-state index in [1.807, 2.05) is 24.3 Å². The molecule has 0 amide bonds. The van der Waals surface area contributed by atoms with Gasteiger partial charge in [0.1, 0.15) is 5.60 Å². The molecule has 0 bridgehead atoms. The van der Waals surface area contributed by atoms with Crippen molar-refractivity contribution in [1.29, 1.82) is 0 Å². The van der Waals surface area contributed by atoms with Crippen molar-refractivity contribution in [3.05, 3.63) is 34.9 Å². The predicted octanol–water partition coefficient (Wildman–Crippen LogP) is 0.956. The van der Waals surface area contributed by atoms with Gasteiger partial charge in [0.2, 0.25) is 0 Å². The molecule has 3 rings (SSSR count). The molecule has 0 spiro atoms. The lowest BCUT2D eigenvalue weighted by molar-refractivity contribution is -0.0386. The third-order valence-corrected chi connectivity index (χ3v) is 4.82. The molecule has 2 fully saturated rings. The van der Waals surface area contributed by atoms with E-state index >= 15 is 0 Å². The highest BCUT2D eigenvalue weighted by Gasteiger charge is 2.46. The molecular weight excluding hydrogens is 276 g/mol. The summed E-state index contributed by atoms with van der Waals surface area (Å²) in [5.74, 6) is 0. The lowest BCUT2D eigenvalue weighted by Crippen LogP contribution is -2.53. The van der Waals surface area contributed by atoms with Crippen LogP contribution in [0.25, 0.3) is 0 Å². The van der Waals surface area contributed by atoms with Crippen LogP contribution in [-0.4, -0.2) is 53.4 Å². The van der Waals surface area contributed by atoms with Gasteiger partial charge in [-0.3, -0.25) is 4.90 Å². The lowest BCUT2D eigenvalue weighted by atomic mass is 9.87. The first-order valence-corrected chi connectivity index (χ1v) is 7.58. The normalized spacial score (nSPS) is 32.6. The number of hydrogen-bond donors (Lipinski definition) is 3. The average molecular weight is 297 g/mol. The molecule has 20 heavy (non-hydrogen) atoms. The Morgan fingerprint density at radius 3 is 2.50 bits per heavy atom. The van der Waals surface area contributed by atoms with Crippen LogP contribution in [0.2, 0.25) is 5.02 Å². The molecular formula is C15H21ClN2O2. The molecule has 1 aromatic carbocycles. The molecule has 2 heterocycles. The fourth-order valence-corrected chi connectivity index (χ4v) is 3.47. The summed E-state index contributed by atoms with van der Waals surface area (Å²) in [7, 11) is 0. The third kappa shape index (κ3) is 2.59. The third-order valence-electron chi connectivity index (χ3n) is 4.57. The fraction of sp³-hybridized carbons (Fsp3) is 0.600. The van der Waals surface area contributed by atoms with E-state index in [2.05, 4.69) is 10.2 Å². The Morgan fingerprint density at radius 2 is 1.85 bits per heavy atom. The second kappa shape index (κ2) is 5.62. The van der Waals surface area contributed by atoms with E-state index in [0.29, 0.717) is 11.6 Å². The van der Waals surface area contributed by atoms with Gasteiger partial charge in [0, 0.05) is 31.2 Å². The van der Waals surface area contributed by atoms with Crippen LogP contribution in [0, 0.1) is 0 Å². The fourth-order valence-electron chi connectivity index (χ4n) is 3.35. The van der Waals surface area contributed by atoms with Crippen molar-refractivity contribution < 1.29 is 10.2 Å². The van der Waals surface area contributed by atoms with Crippen molar-refractivity contribution in [2.75, 3.05) is 26.2 Å². The molecule has 4 nitrogen and oxygen atoms in total. The minimum atomic E-state index is -0.882. The summed E-state index contributed by atoms with van der Waals surface area (Å²) < 4.78 is 0. The van der Waals surface area contributed by atoms with Crippen LogP contribution in [0.1, 0.15) is 18.4 Å². The topological polar surface area (TPSA) is 55.7 Å². The number of aliphatic hydroxyl groups excluding tert-OH is 1. The molecule has 0 aliphatic carbocycles. The maximum atomic E-state index is 11.1. The van der Waals surface area contributed by atoms with Crippen molar-refractivity contribution in [2.45, 2.75) is 30.6 Å². The number of nitrogens with one attached hydrogen (secondary N) is 1. The number of β-amino-alcohol motifs (C(OH)–C–C–N with tert-alkyl or cyclic N) is 1. The van der Waals surface area contributed by atoms with Gasteiger partial charge in [0.05, 0.1) is 12.1 Å². The molecule has 2 unspecified atom stereocenters. The Hall–Kier alpha value is -0.650. The minimum absolute atomic E-state index is 0.0520. The van der Waals surface area contributed by atoms with Gasteiger partial charge in [-0.1, -0.05) is 23.7 Å². The lowest BCUT2D eigenvalue weighted by Gasteiger charge is -2.41. The number of rotatable bonds is 2. The number of nitrogens with zero attached hydrogens (tertiary/aromatic N) is 1. The first-order valence-electron chi connectivity index (χ1n) is 7.21. The van der Waals surface area contributed by atoms with E-state index in [1.54, 1.807) is 0 Å². The summed E-state index contributed by atoms with van der Waals surface area (Å²) >= 11 is 5.93. The first-order chi connectivity index (χ1) is 9.59. The number of aliphatic hydroxyl groups is 2. The smallest absolute Gasteiger partial charge is 0.119 e. The van der Waals surface area contributed by atoms with Gasteiger partial charge in [-0.25, -0.2) is 0 Å². The second-order valence-electron chi connectivity index (χ2n) is 5.84. The molecule has 0 aromatic heterocycles. The molecule has 110 valence electrons. The zero-order valence-electron chi connectivity index (χ0n) is 11.4. The monoisotopic (exact) mass is 296 g/mol. The average Bonchev–Trinajstić information content (AvgIpc) is 2.84. The summed E-state index contributed by atoms with van der Waals surface area (Å²) in [5.41, 5.74) is 0.0235. The maximum Gasteiger partial charge on any atom is 0.119 e. The molecule has 2 saturated heterocycles. The van der Waals surface area contributed by atoms with E-state index in [4.69, 9.17) is 11.6 Å². The van der Waals surface area contributed by atoms with Gasteiger partial charge in [0.25, 0.3) is 0 Å². The van der Waals surface area contributed by atoms with Crippen LogP contribution in [0.4, 0.5) is 0 Å². The molecule has 2 atom stereocenters. The predicted molar refractivity (Wildman–Crippen MR) is 78.8 cm³/mol. The molecule has 2 aliphatic rings. The SMILES string of the molecule is OC1CCN(C2CNCC2(O)c2ccc(Cl)cc2)CC1. The van der Waals surface area contributed by atoms with Gasteiger partial charge in [-0.2, -0.15) is 0 Å². The van der Waals surface area contributed by atoms with Gasteiger partial charge >= 0.3 is 0 Å². The molecule has 5 heteroatoms. The second-order valence-corrected chi connectivity index (χ2v) is 6.28. The maximum absolute atomic E-state index is 11.1.